The van der Waals surface area contributed by atoms with Crippen LogP contribution >= 0.6 is 34.2 Å². The lowest BCUT2D eigenvalue weighted by Gasteiger charge is -1.86. The summed E-state index contributed by atoms with van der Waals surface area (Å²) >= 11 is 3.09. The molecule has 0 saturated heterocycles. The highest BCUT2D eigenvalue weighted by Gasteiger charge is 1.75. The van der Waals surface area contributed by atoms with E-state index in [-0.39, 0.29) is 0 Å². The van der Waals surface area contributed by atoms with Crippen LogP contribution in [0.25, 0.3) is 0 Å². The number of nitrogens with zero attached hydrogens (tertiary/aromatic N) is 1. The van der Waals surface area contributed by atoms with E-state index in [1.54, 1.807) is 0 Å². The van der Waals surface area contributed by atoms with Crippen LogP contribution in [-0.2, 0) is 0 Å². The van der Waals surface area contributed by atoms with E-state index in [0.717, 1.165) is 0 Å². The lowest BCUT2D eigenvalue weighted by atomic mass is 11.0. The van der Waals surface area contributed by atoms with E-state index in [0.29, 0.717) is 0 Å². The van der Waals surface area contributed by atoms with Gasteiger partial charge in [-0.2, -0.15) is 5.26 Å². The van der Waals surface area contributed by atoms with Gasteiger partial charge in [-0.15, -0.1) is 0 Å². The Morgan fingerprint density at radius 2 is 1.56 bits per heavy atom. The van der Waals surface area contributed by atoms with Gasteiger partial charge in [-0.1, -0.05) is 48.1 Å². The molecule has 0 rings (SSSR count). The maximum Gasteiger partial charge on any atom is 0.130 e. The van der Waals surface area contributed by atoms with Gasteiger partial charge in [-0.25, -0.2) is 0 Å². The monoisotopic (exact) mass is 181 g/mol. The van der Waals surface area contributed by atoms with Crippen molar-refractivity contribution in [2.45, 2.75) is 13.8 Å². The van der Waals surface area contributed by atoms with Crippen LogP contribution < -0.4 is 0 Å². The number of thiol groups is 1. The summed E-state index contributed by atoms with van der Waals surface area (Å²) in [6.07, 6.45) is 0. The van der Waals surface area contributed by atoms with Gasteiger partial charge < -0.3 is 0 Å². The average molecular weight is 181 g/mol. The van der Waals surface area contributed by atoms with Crippen molar-refractivity contribution in [1.82, 2.24) is 0 Å². The zero-order valence-electron chi connectivity index (χ0n) is 5.63. The molecule has 0 saturated carbocycles. The van der Waals surface area contributed by atoms with Crippen LogP contribution in [0.3, 0.4) is 0 Å². The van der Waals surface area contributed by atoms with E-state index >= 15 is 0 Å². The Labute approximate surface area is 70.4 Å². The van der Waals surface area contributed by atoms with E-state index < -0.39 is 0 Å². The predicted octanol–water partition coefficient (Wildman–Crippen LogP) is 2.80. The fourth-order valence-electron chi connectivity index (χ4n) is 0.167. The van der Waals surface area contributed by atoms with Crippen LogP contribution in [0, 0.1) is 10.7 Å². The van der Waals surface area contributed by atoms with E-state index in [2.05, 4.69) is 26.5 Å². The van der Waals surface area contributed by atoms with Crippen molar-refractivity contribution in [3.8, 4) is 5.40 Å². The van der Waals surface area contributed by atoms with Gasteiger partial charge in [0.05, 0.1) is 0 Å². The molecule has 0 bridgehead atoms. The summed E-state index contributed by atoms with van der Waals surface area (Å²) in [4.78, 5) is 0. The van der Waals surface area contributed by atoms with Gasteiger partial charge >= 0.3 is 0 Å². The maximum atomic E-state index is 7.18. The second-order valence-electron chi connectivity index (χ2n) is 0.913. The first kappa shape index (κ1) is 12.2. The molecule has 0 N–H and O–H groups in total. The molecule has 9 heavy (non-hydrogen) atoms. The summed E-state index contributed by atoms with van der Waals surface area (Å²) in [6.45, 7) is 4.35. The topological polar surface area (TPSA) is 23.8 Å². The lowest BCUT2D eigenvalue weighted by molar-refractivity contribution is 1.53. The third-order valence-corrected chi connectivity index (χ3v) is 2.87. The van der Waals surface area contributed by atoms with Crippen molar-refractivity contribution in [3.05, 3.63) is 0 Å². The van der Waals surface area contributed by atoms with Gasteiger partial charge in [0.1, 0.15) is 5.40 Å². The highest BCUT2D eigenvalue weighted by atomic mass is 33.1. The fraction of sp³-hybridized carbons (Fsp3) is 0.800. The molecule has 0 aromatic carbocycles. The summed E-state index contributed by atoms with van der Waals surface area (Å²) in [5.74, 6) is 2.47. The van der Waals surface area contributed by atoms with Crippen molar-refractivity contribution in [2.24, 2.45) is 0 Å². The molecule has 0 heterocycles. The van der Waals surface area contributed by atoms with Gasteiger partial charge in [0.15, 0.2) is 0 Å². The Morgan fingerprint density at radius 1 is 1.33 bits per heavy atom. The van der Waals surface area contributed by atoms with Gasteiger partial charge in [0, 0.05) is 11.5 Å². The first-order chi connectivity index (χ1) is 4.33. The zero-order valence-corrected chi connectivity index (χ0v) is 8.15. The van der Waals surface area contributed by atoms with Crippen molar-refractivity contribution < 1.29 is 0 Å². The quantitative estimate of drug-likeness (QED) is 0.313. The minimum Gasteiger partial charge on any atom is -0.185 e. The Balaban J connectivity index is 0. The zero-order chi connectivity index (χ0) is 7.54. The molecule has 0 aliphatic carbocycles. The standard InChI is InChI=1S/C4H10S2.CHNS/c1-3-5-6-4-2;2-1-3/h3-4H2,1-2H3;3H. The SMILES string of the molecule is CCSSCC.N#CS. The molecule has 0 aliphatic rings. The minimum atomic E-state index is 1.23. The van der Waals surface area contributed by atoms with E-state index in [9.17, 15) is 0 Å². The predicted molar refractivity (Wildman–Crippen MR) is 50.9 cm³/mol. The summed E-state index contributed by atoms with van der Waals surface area (Å²) in [7, 11) is 3.85. The summed E-state index contributed by atoms with van der Waals surface area (Å²) < 4.78 is 0. The van der Waals surface area contributed by atoms with Gasteiger partial charge in [0.2, 0.25) is 0 Å². The molecule has 0 aliphatic heterocycles. The van der Waals surface area contributed by atoms with Crippen LogP contribution in [0.1, 0.15) is 13.8 Å². The highest BCUT2D eigenvalue weighted by Crippen LogP contribution is 2.18. The third-order valence-electron chi connectivity index (χ3n) is 0.319. The molecule has 1 nitrogen and oxygen atoms in total. The van der Waals surface area contributed by atoms with Crippen LogP contribution in [0.2, 0.25) is 0 Å². The number of nitriles is 1. The second kappa shape index (κ2) is 15.8. The van der Waals surface area contributed by atoms with Crippen molar-refractivity contribution in [2.75, 3.05) is 11.5 Å². The molecule has 0 aromatic rings. The molecule has 0 amide bonds. The fourth-order valence-corrected chi connectivity index (χ4v) is 1.50. The molecular formula is C5H11NS3. The first-order valence-corrected chi connectivity index (χ1v) is 5.54. The first-order valence-electron chi connectivity index (χ1n) is 2.61. The number of hydrogen-bond acceptors (Lipinski definition) is 4. The number of hydrogen-bond donors (Lipinski definition) is 1. The van der Waals surface area contributed by atoms with Crippen LogP contribution in [0.4, 0.5) is 0 Å². The molecule has 0 unspecified atom stereocenters. The molecule has 54 valence electrons. The van der Waals surface area contributed by atoms with Gasteiger partial charge in [0.25, 0.3) is 0 Å². The smallest absolute Gasteiger partial charge is 0.130 e. The van der Waals surface area contributed by atoms with Crippen molar-refractivity contribution >= 4 is 34.2 Å². The van der Waals surface area contributed by atoms with E-state index in [1.165, 1.54) is 16.9 Å². The van der Waals surface area contributed by atoms with E-state index in [1.807, 2.05) is 21.6 Å². The molecule has 4 heteroatoms. The lowest BCUT2D eigenvalue weighted by Crippen LogP contribution is -1.59. The molecule has 0 radical (unpaired) electrons. The highest BCUT2D eigenvalue weighted by molar-refractivity contribution is 8.76. The van der Waals surface area contributed by atoms with Gasteiger partial charge in [-0.05, 0) is 0 Å². The molecule has 0 aromatic heterocycles. The number of thiocyanates is 1. The Morgan fingerprint density at radius 3 is 1.67 bits per heavy atom. The molecular weight excluding hydrogens is 170 g/mol. The largest absolute Gasteiger partial charge is 0.185 e. The summed E-state index contributed by atoms with van der Waals surface area (Å²) in [5.41, 5.74) is 0. The Kier molecular flexibility index (Phi) is 21.5. The Hall–Kier alpha value is 0.540. The summed E-state index contributed by atoms with van der Waals surface area (Å²) in [6, 6.07) is 0. The molecule has 0 atom stereocenters. The van der Waals surface area contributed by atoms with Crippen molar-refractivity contribution in [3.63, 3.8) is 0 Å². The van der Waals surface area contributed by atoms with Crippen LogP contribution in [-0.4, -0.2) is 11.5 Å². The van der Waals surface area contributed by atoms with Crippen LogP contribution in [0.15, 0.2) is 0 Å². The van der Waals surface area contributed by atoms with Crippen LogP contribution in [0.5, 0.6) is 0 Å². The average Bonchev–Trinajstić information content (AvgIpc) is 1.86. The van der Waals surface area contributed by atoms with E-state index in [4.69, 9.17) is 5.26 Å². The summed E-state index contributed by atoms with van der Waals surface area (Å²) in [5, 5.41) is 8.63. The van der Waals surface area contributed by atoms with Crippen molar-refractivity contribution in [1.29, 1.82) is 5.26 Å². The second-order valence-corrected chi connectivity index (χ2v) is 4.15. The molecule has 0 spiro atoms. The Bertz CT molecular complexity index is 65.1. The number of rotatable bonds is 3. The maximum absolute atomic E-state index is 7.18. The van der Waals surface area contributed by atoms with Gasteiger partial charge in [-0.3, -0.25) is 0 Å². The third kappa shape index (κ3) is 29.1. The minimum absolute atomic E-state index is 1.23. The molecule has 0 fully saturated rings. The normalized spacial score (nSPS) is 6.89.